The summed E-state index contributed by atoms with van der Waals surface area (Å²) in [6.07, 6.45) is 1.91. The number of nitrogens with zero attached hydrogens (tertiary/aromatic N) is 1. The van der Waals surface area contributed by atoms with Crippen LogP contribution in [-0.4, -0.2) is 22.8 Å². The van der Waals surface area contributed by atoms with E-state index < -0.39 is 16.9 Å². The van der Waals surface area contributed by atoms with Crippen LogP contribution in [0.1, 0.15) is 18.4 Å². The Labute approximate surface area is 115 Å². The highest BCUT2D eigenvalue weighted by Crippen LogP contribution is 2.29. The summed E-state index contributed by atoms with van der Waals surface area (Å²) in [4.78, 5) is 33.1. The number of hydrogen-bond donors (Lipinski definition) is 2. The number of carbonyl (C=O) groups excluding carboxylic acids is 2. The van der Waals surface area contributed by atoms with Crippen LogP contribution in [0.4, 0.5) is 5.69 Å². The van der Waals surface area contributed by atoms with E-state index in [1.165, 1.54) is 12.1 Å². The minimum atomic E-state index is -0.787. The maximum atomic E-state index is 11.6. The van der Waals surface area contributed by atoms with Gasteiger partial charge in [-0.1, -0.05) is 12.1 Å². The summed E-state index contributed by atoms with van der Waals surface area (Å²) < 4.78 is 0. The fourth-order valence-electron chi connectivity index (χ4n) is 1.85. The summed E-state index contributed by atoms with van der Waals surface area (Å²) in [5.41, 5.74) is 5.95. The molecule has 106 valence electrons. The average molecular weight is 277 g/mol. The summed E-state index contributed by atoms with van der Waals surface area (Å²) in [5, 5.41) is 13.2. The van der Waals surface area contributed by atoms with Crippen LogP contribution in [0.3, 0.4) is 0 Å². The quantitative estimate of drug-likeness (QED) is 0.582. The molecule has 1 fully saturated rings. The first kappa shape index (κ1) is 14.0. The highest BCUT2D eigenvalue weighted by Gasteiger charge is 2.32. The predicted octanol–water partition coefficient (Wildman–Crippen LogP) is 0.517. The number of carbonyl (C=O) groups is 2. The van der Waals surface area contributed by atoms with Crippen molar-refractivity contribution < 1.29 is 14.5 Å². The SMILES string of the molecule is NC(=O)[C@@H](Cc1ccc([N+](=O)[O-])cc1)NC(=O)C1CC1. The minimum Gasteiger partial charge on any atom is -0.368 e. The van der Waals surface area contributed by atoms with Crippen molar-refractivity contribution in [1.82, 2.24) is 5.32 Å². The van der Waals surface area contributed by atoms with Gasteiger partial charge in [-0.25, -0.2) is 0 Å². The molecule has 0 bridgehead atoms. The number of benzene rings is 1. The van der Waals surface area contributed by atoms with Crippen LogP contribution in [0.2, 0.25) is 0 Å². The molecule has 0 aliphatic heterocycles. The van der Waals surface area contributed by atoms with Crippen molar-refractivity contribution >= 4 is 17.5 Å². The third kappa shape index (κ3) is 3.53. The second kappa shape index (κ2) is 5.68. The smallest absolute Gasteiger partial charge is 0.269 e. The zero-order valence-corrected chi connectivity index (χ0v) is 10.7. The third-order valence-corrected chi connectivity index (χ3v) is 3.20. The van der Waals surface area contributed by atoms with E-state index >= 15 is 0 Å². The molecule has 0 heterocycles. The lowest BCUT2D eigenvalue weighted by Crippen LogP contribution is -2.46. The number of non-ortho nitro benzene ring substituents is 1. The van der Waals surface area contributed by atoms with Crippen molar-refractivity contribution in [2.45, 2.75) is 25.3 Å². The van der Waals surface area contributed by atoms with Crippen LogP contribution < -0.4 is 11.1 Å². The van der Waals surface area contributed by atoms with Crippen molar-refractivity contribution in [2.24, 2.45) is 11.7 Å². The fraction of sp³-hybridized carbons (Fsp3) is 0.385. The Morgan fingerprint density at radius 3 is 2.40 bits per heavy atom. The third-order valence-electron chi connectivity index (χ3n) is 3.20. The maximum absolute atomic E-state index is 11.6. The van der Waals surface area contributed by atoms with Crippen molar-refractivity contribution in [1.29, 1.82) is 0 Å². The molecule has 1 saturated carbocycles. The molecule has 1 aromatic carbocycles. The summed E-state index contributed by atoms with van der Waals surface area (Å²) in [5.74, 6) is -0.776. The van der Waals surface area contributed by atoms with Gasteiger partial charge in [-0.3, -0.25) is 19.7 Å². The molecule has 2 rings (SSSR count). The van der Waals surface area contributed by atoms with Gasteiger partial charge < -0.3 is 11.1 Å². The molecular weight excluding hydrogens is 262 g/mol. The summed E-state index contributed by atoms with van der Waals surface area (Å²) in [7, 11) is 0. The summed E-state index contributed by atoms with van der Waals surface area (Å²) in [6.45, 7) is 0. The molecule has 1 aliphatic carbocycles. The predicted molar refractivity (Wildman–Crippen MR) is 70.6 cm³/mol. The van der Waals surface area contributed by atoms with Crippen molar-refractivity contribution in [3.05, 3.63) is 39.9 Å². The van der Waals surface area contributed by atoms with Crippen LogP contribution in [0.25, 0.3) is 0 Å². The molecule has 0 saturated heterocycles. The number of hydrogen-bond acceptors (Lipinski definition) is 4. The van der Waals surface area contributed by atoms with Crippen LogP contribution in [0.15, 0.2) is 24.3 Å². The van der Waals surface area contributed by atoms with E-state index in [2.05, 4.69) is 5.32 Å². The summed E-state index contributed by atoms with van der Waals surface area (Å²) in [6, 6.07) is 5.03. The number of amides is 2. The van der Waals surface area contributed by atoms with E-state index in [1.54, 1.807) is 12.1 Å². The van der Waals surface area contributed by atoms with Crippen molar-refractivity contribution in [2.75, 3.05) is 0 Å². The number of nitrogens with two attached hydrogens (primary N) is 1. The Morgan fingerprint density at radius 1 is 1.35 bits per heavy atom. The minimum absolute atomic E-state index is 0.00582. The Balaban J connectivity index is 2.01. The maximum Gasteiger partial charge on any atom is 0.269 e. The van der Waals surface area contributed by atoms with E-state index in [-0.39, 0.29) is 23.9 Å². The molecule has 0 radical (unpaired) electrons. The lowest BCUT2D eigenvalue weighted by molar-refractivity contribution is -0.384. The van der Waals surface area contributed by atoms with E-state index in [0.29, 0.717) is 5.56 Å². The molecule has 2 amide bonds. The van der Waals surface area contributed by atoms with Gasteiger partial charge in [0.2, 0.25) is 11.8 Å². The van der Waals surface area contributed by atoms with Gasteiger partial charge in [0.05, 0.1) is 4.92 Å². The van der Waals surface area contributed by atoms with Gasteiger partial charge in [-0.05, 0) is 18.4 Å². The number of nitro benzene ring substituents is 1. The molecule has 0 aromatic heterocycles. The van der Waals surface area contributed by atoms with Crippen molar-refractivity contribution in [3.63, 3.8) is 0 Å². The Bertz CT molecular complexity index is 537. The summed E-state index contributed by atoms with van der Waals surface area (Å²) >= 11 is 0. The number of nitrogens with one attached hydrogen (secondary N) is 1. The standard InChI is InChI=1S/C13H15N3O4/c14-12(17)11(15-13(18)9-3-4-9)7-8-1-5-10(6-2-8)16(19)20/h1-2,5-6,9,11H,3-4,7H2,(H2,14,17)(H,15,18)/t11-/m1/s1. The highest BCUT2D eigenvalue weighted by molar-refractivity contribution is 5.88. The molecule has 7 heteroatoms. The van der Waals surface area contributed by atoms with Crippen LogP contribution in [-0.2, 0) is 16.0 Å². The zero-order valence-electron chi connectivity index (χ0n) is 10.7. The van der Waals surface area contributed by atoms with Gasteiger partial charge in [0, 0.05) is 24.5 Å². The first-order chi connectivity index (χ1) is 9.47. The first-order valence-corrected chi connectivity index (χ1v) is 6.30. The molecule has 0 spiro atoms. The largest absolute Gasteiger partial charge is 0.368 e. The first-order valence-electron chi connectivity index (χ1n) is 6.30. The highest BCUT2D eigenvalue weighted by atomic mass is 16.6. The molecule has 1 aromatic rings. The Kier molecular flexibility index (Phi) is 3.97. The normalized spacial score (nSPS) is 15.4. The van der Waals surface area contributed by atoms with Gasteiger partial charge >= 0.3 is 0 Å². The second-order valence-electron chi connectivity index (χ2n) is 4.87. The second-order valence-corrected chi connectivity index (χ2v) is 4.87. The van der Waals surface area contributed by atoms with Crippen LogP contribution >= 0.6 is 0 Å². The molecule has 0 unspecified atom stereocenters. The van der Waals surface area contributed by atoms with Crippen LogP contribution in [0, 0.1) is 16.0 Å². The molecule has 3 N–H and O–H groups in total. The van der Waals surface area contributed by atoms with Gasteiger partial charge in [0.25, 0.3) is 5.69 Å². The van der Waals surface area contributed by atoms with E-state index in [9.17, 15) is 19.7 Å². The van der Waals surface area contributed by atoms with Crippen LogP contribution in [0.5, 0.6) is 0 Å². The number of primary amides is 1. The number of rotatable bonds is 6. The Morgan fingerprint density at radius 2 is 1.95 bits per heavy atom. The molecule has 1 aliphatic rings. The molecule has 1 atom stereocenters. The molecular formula is C13H15N3O4. The molecule has 7 nitrogen and oxygen atoms in total. The van der Waals surface area contributed by atoms with E-state index in [1.807, 2.05) is 0 Å². The van der Waals surface area contributed by atoms with Gasteiger partial charge in [-0.15, -0.1) is 0 Å². The monoisotopic (exact) mass is 277 g/mol. The zero-order chi connectivity index (χ0) is 14.7. The average Bonchev–Trinajstić information content (AvgIpc) is 3.22. The Hall–Kier alpha value is -2.44. The van der Waals surface area contributed by atoms with Gasteiger partial charge in [0.15, 0.2) is 0 Å². The molecule has 20 heavy (non-hydrogen) atoms. The van der Waals surface area contributed by atoms with E-state index in [0.717, 1.165) is 12.8 Å². The fourth-order valence-corrected chi connectivity index (χ4v) is 1.85. The van der Waals surface area contributed by atoms with Gasteiger partial charge in [-0.2, -0.15) is 0 Å². The van der Waals surface area contributed by atoms with E-state index in [4.69, 9.17) is 5.73 Å². The van der Waals surface area contributed by atoms with Gasteiger partial charge in [0.1, 0.15) is 6.04 Å². The lowest BCUT2D eigenvalue weighted by Gasteiger charge is -2.15. The van der Waals surface area contributed by atoms with Crippen molar-refractivity contribution in [3.8, 4) is 0 Å². The lowest BCUT2D eigenvalue weighted by atomic mass is 10.0. The topological polar surface area (TPSA) is 115 Å². The number of nitro groups is 1.